The molecule has 8 heteroatoms. The number of hydrogen-bond donors (Lipinski definition) is 3. The second-order valence-corrected chi connectivity index (χ2v) is 7.65. The maximum absolute atomic E-state index is 12.7. The first-order chi connectivity index (χ1) is 14.0. The zero-order valence-electron chi connectivity index (χ0n) is 15.8. The van der Waals surface area contributed by atoms with E-state index in [1.165, 1.54) is 0 Å². The first kappa shape index (κ1) is 19.1. The van der Waals surface area contributed by atoms with Gasteiger partial charge in [-0.25, -0.2) is 4.79 Å². The van der Waals surface area contributed by atoms with Crippen molar-refractivity contribution in [2.24, 2.45) is 0 Å². The molecule has 4 amide bonds. The van der Waals surface area contributed by atoms with Crippen LogP contribution in [0.4, 0.5) is 10.5 Å². The number of carbonyl (C=O) groups excluding carboxylic acids is 3. The number of benzene rings is 2. The van der Waals surface area contributed by atoms with Crippen LogP contribution in [0.1, 0.15) is 5.56 Å². The molecule has 1 aliphatic heterocycles. The predicted octanol–water partition coefficient (Wildman–Crippen LogP) is 2.99. The van der Waals surface area contributed by atoms with Crippen LogP contribution >= 0.6 is 11.8 Å². The molecule has 4 rings (SSSR count). The van der Waals surface area contributed by atoms with Crippen LogP contribution in [0.3, 0.4) is 0 Å². The molecule has 0 spiro atoms. The Bertz CT molecular complexity index is 1090. The number of aromatic nitrogens is 1. The van der Waals surface area contributed by atoms with E-state index in [2.05, 4.69) is 15.6 Å². The number of H-pyrrole nitrogens is 1. The van der Waals surface area contributed by atoms with Crippen molar-refractivity contribution in [3.05, 3.63) is 60.3 Å². The van der Waals surface area contributed by atoms with E-state index in [1.54, 1.807) is 17.8 Å². The molecule has 29 heavy (non-hydrogen) atoms. The zero-order chi connectivity index (χ0) is 20.4. The highest BCUT2D eigenvalue weighted by Gasteiger charge is 2.39. The van der Waals surface area contributed by atoms with E-state index in [-0.39, 0.29) is 6.54 Å². The summed E-state index contributed by atoms with van der Waals surface area (Å²) in [7, 11) is 0. The average Bonchev–Trinajstić information content (AvgIpc) is 3.24. The van der Waals surface area contributed by atoms with E-state index in [0.29, 0.717) is 12.1 Å². The molecule has 0 aliphatic carbocycles. The first-order valence-corrected chi connectivity index (χ1v) is 10.4. The fraction of sp³-hybridized carbons (Fsp3) is 0.190. The van der Waals surface area contributed by atoms with Crippen LogP contribution in [0.15, 0.2) is 59.6 Å². The van der Waals surface area contributed by atoms with Crippen molar-refractivity contribution in [1.82, 2.24) is 15.2 Å². The summed E-state index contributed by atoms with van der Waals surface area (Å²) in [5.41, 5.74) is 2.55. The van der Waals surface area contributed by atoms with Crippen LogP contribution in [0.5, 0.6) is 0 Å². The molecule has 0 unspecified atom stereocenters. The molecule has 1 saturated heterocycles. The van der Waals surface area contributed by atoms with Gasteiger partial charge in [0.05, 0.1) is 0 Å². The number of nitrogens with one attached hydrogen (secondary N) is 3. The Labute approximate surface area is 171 Å². The number of thioether (sulfide) groups is 1. The Hall–Kier alpha value is -3.26. The largest absolute Gasteiger partial charge is 0.361 e. The monoisotopic (exact) mass is 408 g/mol. The molecular weight excluding hydrogens is 388 g/mol. The summed E-state index contributed by atoms with van der Waals surface area (Å²) in [4.78, 5) is 42.5. The lowest BCUT2D eigenvalue weighted by Gasteiger charge is -2.13. The van der Waals surface area contributed by atoms with Gasteiger partial charge in [-0.2, -0.15) is 0 Å². The van der Waals surface area contributed by atoms with E-state index in [9.17, 15) is 14.4 Å². The van der Waals surface area contributed by atoms with Gasteiger partial charge in [-0.05, 0) is 36.1 Å². The van der Waals surface area contributed by atoms with E-state index >= 15 is 0 Å². The summed E-state index contributed by atoms with van der Waals surface area (Å²) < 4.78 is 0. The van der Waals surface area contributed by atoms with Crippen molar-refractivity contribution in [3.8, 4) is 0 Å². The molecule has 0 radical (unpaired) electrons. The number of hydrogen-bond acceptors (Lipinski definition) is 4. The van der Waals surface area contributed by atoms with Crippen molar-refractivity contribution >= 4 is 46.2 Å². The standard InChI is InChI=1S/C21H20N4O3S/c1-29-15-6-4-5-14(10-15)23-19(26)12-25-20(27)18(24-21(25)28)9-13-11-22-17-8-3-2-7-16(13)17/h2-8,10-11,18,22H,9,12H2,1H3,(H,23,26)(H,24,28)/t18-/m0/s1. The van der Waals surface area contributed by atoms with Crippen LogP contribution in [0.25, 0.3) is 10.9 Å². The van der Waals surface area contributed by atoms with Crippen molar-refractivity contribution in [3.63, 3.8) is 0 Å². The molecule has 1 fully saturated rings. The highest BCUT2D eigenvalue weighted by molar-refractivity contribution is 7.98. The number of fused-ring (bicyclic) bond motifs is 1. The second kappa shape index (κ2) is 8.00. The maximum Gasteiger partial charge on any atom is 0.325 e. The third-order valence-electron chi connectivity index (χ3n) is 4.86. The van der Waals surface area contributed by atoms with Crippen molar-refractivity contribution in [2.45, 2.75) is 17.4 Å². The van der Waals surface area contributed by atoms with E-state index in [1.807, 2.05) is 54.9 Å². The Morgan fingerprint density at radius 2 is 2.00 bits per heavy atom. The van der Waals surface area contributed by atoms with Gasteiger partial charge in [-0.3, -0.25) is 14.5 Å². The summed E-state index contributed by atoms with van der Waals surface area (Å²) >= 11 is 1.56. The van der Waals surface area contributed by atoms with Crippen molar-refractivity contribution in [2.75, 3.05) is 18.1 Å². The molecule has 148 valence electrons. The molecule has 1 aromatic heterocycles. The quantitative estimate of drug-likeness (QED) is 0.432. The van der Waals surface area contributed by atoms with Crippen LogP contribution in [-0.2, 0) is 16.0 Å². The average molecular weight is 408 g/mol. The SMILES string of the molecule is CSc1cccc(NC(=O)CN2C(=O)N[C@@H](Cc3c[nH]c4ccccc34)C2=O)c1. The molecule has 1 atom stereocenters. The highest BCUT2D eigenvalue weighted by atomic mass is 32.2. The van der Waals surface area contributed by atoms with Gasteiger partial charge in [0.1, 0.15) is 12.6 Å². The number of aromatic amines is 1. The van der Waals surface area contributed by atoms with Crippen molar-refractivity contribution in [1.29, 1.82) is 0 Å². The molecule has 0 saturated carbocycles. The molecule has 0 bridgehead atoms. The molecule has 2 heterocycles. The minimum atomic E-state index is -0.686. The Kier molecular flexibility index (Phi) is 5.26. The summed E-state index contributed by atoms with van der Waals surface area (Å²) in [5, 5.41) is 6.44. The third kappa shape index (κ3) is 3.97. The summed E-state index contributed by atoms with van der Waals surface area (Å²) in [5.74, 6) is -0.812. The summed E-state index contributed by atoms with van der Waals surface area (Å²) in [6, 6.07) is 13.9. The second-order valence-electron chi connectivity index (χ2n) is 6.77. The van der Waals surface area contributed by atoms with Crippen LogP contribution in [0, 0.1) is 0 Å². The normalized spacial score (nSPS) is 16.3. The van der Waals surface area contributed by atoms with Gasteiger partial charge in [0.25, 0.3) is 5.91 Å². The number of rotatable bonds is 6. The molecule has 2 aromatic carbocycles. The number of carbonyl (C=O) groups is 3. The van der Waals surface area contributed by atoms with Gasteiger partial charge >= 0.3 is 6.03 Å². The number of nitrogens with zero attached hydrogens (tertiary/aromatic N) is 1. The number of urea groups is 1. The lowest BCUT2D eigenvalue weighted by molar-refractivity contribution is -0.130. The number of para-hydroxylation sites is 1. The molecule has 3 N–H and O–H groups in total. The summed E-state index contributed by atoms with van der Waals surface area (Å²) in [6.07, 6.45) is 4.16. The minimum absolute atomic E-state index is 0.321. The maximum atomic E-state index is 12.7. The van der Waals surface area contributed by atoms with E-state index in [0.717, 1.165) is 26.3 Å². The fourth-order valence-electron chi connectivity index (χ4n) is 3.43. The number of amides is 4. The topological polar surface area (TPSA) is 94.3 Å². The Balaban J connectivity index is 1.42. The van der Waals surface area contributed by atoms with Gasteiger partial charge in [-0.1, -0.05) is 24.3 Å². The van der Waals surface area contributed by atoms with Gasteiger partial charge < -0.3 is 15.6 Å². The van der Waals surface area contributed by atoms with E-state index < -0.39 is 23.9 Å². The predicted molar refractivity (Wildman–Crippen MR) is 113 cm³/mol. The lowest BCUT2D eigenvalue weighted by Crippen LogP contribution is -2.38. The minimum Gasteiger partial charge on any atom is -0.361 e. The van der Waals surface area contributed by atoms with Crippen molar-refractivity contribution < 1.29 is 14.4 Å². The van der Waals surface area contributed by atoms with Gasteiger partial charge in [-0.15, -0.1) is 11.8 Å². The zero-order valence-corrected chi connectivity index (χ0v) is 16.6. The Morgan fingerprint density at radius 1 is 1.17 bits per heavy atom. The van der Waals surface area contributed by atoms with Gasteiger partial charge in [0, 0.05) is 34.1 Å². The van der Waals surface area contributed by atoms with Crippen LogP contribution in [0.2, 0.25) is 0 Å². The summed E-state index contributed by atoms with van der Waals surface area (Å²) in [6.45, 7) is -0.321. The van der Waals surface area contributed by atoms with Gasteiger partial charge in [0.15, 0.2) is 0 Å². The third-order valence-corrected chi connectivity index (χ3v) is 5.59. The molecule has 1 aliphatic rings. The van der Waals surface area contributed by atoms with Crippen LogP contribution in [-0.4, -0.2) is 46.6 Å². The fourth-order valence-corrected chi connectivity index (χ4v) is 3.89. The van der Waals surface area contributed by atoms with Crippen LogP contribution < -0.4 is 10.6 Å². The molecule has 7 nitrogen and oxygen atoms in total. The first-order valence-electron chi connectivity index (χ1n) is 9.16. The Morgan fingerprint density at radius 3 is 2.83 bits per heavy atom. The number of imide groups is 1. The van der Waals surface area contributed by atoms with E-state index in [4.69, 9.17) is 0 Å². The highest BCUT2D eigenvalue weighted by Crippen LogP contribution is 2.22. The lowest BCUT2D eigenvalue weighted by atomic mass is 10.1. The molecule has 3 aromatic rings. The van der Waals surface area contributed by atoms with Gasteiger partial charge in [0.2, 0.25) is 5.91 Å². The number of anilines is 1. The molecular formula is C21H20N4O3S. The smallest absolute Gasteiger partial charge is 0.325 e.